The van der Waals surface area contributed by atoms with Gasteiger partial charge in [-0.2, -0.15) is 13.2 Å². The number of nitrogens with one attached hydrogen (secondary N) is 1. The Morgan fingerprint density at radius 2 is 1.59 bits per heavy atom. The summed E-state index contributed by atoms with van der Waals surface area (Å²) in [5.74, 6) is 0. The molecule has 0 aliphatic heterocycles. The minimum atomic E-state index is -4.31. The number of halogens is 3. The molecule has 0 aliphatic carbocycles. The van der Waals surface area contributed by atoms with Crippen LogP contribution in [0.4, 0.5) is 13.2 Å². The third-order valence-corrected chi connectivity index (χ3v) is 3.04. The maximum absolute atomic E-state index is 13.1. The average molecular weight is 245 g/mol. The lowest BCUT2D eigenvalue weighted by atomic mass is 9.90. The highest BCUT2D eigenvalue weighted by Gasteiger charge is 2.51. The predicted molar refractivity (Wildman–Crippen MR) is 62.9 cm³/mol. The second kappa shape index (κ2) is 5.08. The molecule has 0 saturated heterocycles. The number of alkyl halides is 3. The van der Waals surface area contributed by atoms with Crippen LogP contribution in [0, 0.1) is 0 Å². The molecule has 1 rings (SSSR count). The molecule has 4 heteroatoms. The van der Waals surface area contributed by atoms with Crippen LogP contribution in [0.1, 0.15) is 31.9 Å². The molecule has 17 heavy (non-hydrogen) atoms. The van der Waals surface area contributed by atoms with E-state index >= 15 is 0 Å². The fourth-order valence-electron chi connectivity index (χ4n) is 1.79. The van der Waals surface area contributed by atoms with Gasteiger partial charge in [0.25, 0.3) is 0 Å². The third-order valence-electron chi connectivity index (χ3n) is 3.04. The lowest BCUT2D eigenvalue weighted by Gasteiger charge is -2.33. The molecule has 0 amide bonds. The van der Waals surface area contributed by atoms with Gasteiger partial charge in [0.2, 0.25) is 0 Å². The molecule has 0 spiro atoms. The largest absolute Gasteiger partial charge is 0.410 e. The zero-order valence-electron chi connectivity index (χ0n) is 10.4. The quantitative estimate of drug-likeness (QED) is 0.854. The van der Waals surface area contributed by atoms with Crippen LogP contribution in [-0.4, -0.2) is 12.7 Å². The number of aryl methyl sites for hydroxylation is 1. The van der Waals surface area contributed by atoms with Gasteiger partial charge >= 0.3 is 6.18 Å². The zero-order valence-corrected chi connectivity index (χ0v) is 10.4. The van der Waals surface area contributed by atoms with Crippen molar-refractivity contribution in [2.75, 3.05) is 6.54 Å². The molecule has 96 valence electrons. The summed E-state index contributed by atoms with van der Waals surface area (Å²) < 4.78 is 39.3. The van der Waals surface area contributed by atoms with Gasteiger partial charge in [0, 0.05) is 0 Å². The van der Waals surface area contributed by atoms with E-state index in [1.54, 1.807) is 31.2 Å². The van der Waals surface area contributed by atoms with Crippen LogP contribution in [0.3, 0.4) is 0 Å². The normalized spacial score (nSPS) is 15.6. The Morgan fingerprint density at radius 3 is 1.94 bits per heavy atom. The maximum atomic E-state index is 13.1. The van der Waals surface area contributed by atoms with Crippen molar-refractivity contribution >= 4 is 0 Å². The predicted octanol–water partition coefficient (Wildman–Crippen LogP) is 3.64. The van der Waals surface area contributed by atoms with Crippen molar-refractivity contribution in [3.8, 4) is 0 Å². The molecule has 0 heterocycles. The van der Waals surface area contributed by atoms with E-state index in [2.05, 4.69) is 5.32 Å². The zero-order chi connectivity index (χ0) is 13.1. The van der Waals surface area contributed by atoms with Crippen molar-refractivity contribution in [2.24, 2.45) is 0 Å². The van der Waals surface area contributed by atoms with Crippen LogP contribution in [0.25, 0.3) is 0 Å². The van der Waals surface area contributed by atoms with Gasteiger partial charge in [-0.1, -0.05) is 38.1 Å². The third kappa shape index (κ3) is 2.80. The van der Waals surface area contributed by atoms with E-state index in [1.807, 2.05) is 6.92 Å². The van der Waals surface area contributed by atoms with Crippen molar-refractivity contribution in [3.05, 3.63) is 35.4 Å². The van der Waals surface area contributed by atoms with Gasteiger partial charge in [-0.15, -0.1) is 0 Å². The molecule has 1 unspecified atom stereocenters. The Bertz CT molecular complexity index is 356. The van der Waals surface area contributed by atoms with E-state index in [0.717, 1.165) is 12.0 Å². The molecule has 0 saturated carbocycles. The number of benzene rings is 1. The smallest absolute Gasteiger partial charge is 0.300 e. The Labute approximate surface area is 100 Å². The molecule has 1 aromatic carbocycles. The monoisotopic (exact) mass is 245 g/mol. The second-order valence-electron chi connectivity index (χ2n) is 4.20. The van der Waals surface area contributed by atoms with Crippen LogP contribution in [0.15, 0.2) is 24.3 Å². The Balaban J connectivity index is 3.13. The second-order valence-corrected chi connectivity index (χ2v) is 4.20. The first kappa shape index (κ1) is 14.0. The fraction of sp³-hybridized carbons (Fsp3) is 0.538. The summed E-state index contributed by atoms with van der Waals surface area (Å²) in [6.07, 6.45) is -3.49. The summed E-state index contributed by atoms with van der Waals surface area (Å²) in [4.78, 5) is 0. The van der Waals surface area contributed by atoms with Crippen molar-refractivity contribution in [2.45, 2.75) is 38.9 Å². The van der Waals surface area contributed by atoms with Gasteiger partial charge in [-0.25, -0.2) is 0 Å². The molecule has 0 aliphatic rings. The first-order valence-electron chi connectivity index (χ1n) is 5.76. The van der Waals surface area contributed by atoms with Crippen LogP contribution in [-0.2, 0) is 12.0 Å². The van der Waals surface area contributed by atoms with Crippen molar-refractivity contribution in [1.82, 2.24) is 5.32 Å². The van der Waals surface area contributed by atoms with Gasteiger partial charge in [0.15, 0.2) is 0 Å². The molecule has 1 nitrogen and oxygen atoms in total. The highest BCUT2D eigenvalue weighted by molar-refractivity contribution is 5.29. The van der Waals surface area contributed by atoms with Gasteiger partial charge in [0.05, 0.1) is 0 Å². The maximum Gasteiger partial charge on any atom is 0.410 e. The summed E-state index contributed by atoms with van der Waals surface area (Å²) in [5.41, 5.74) is -0.688. The van der Waals surface area contributed by atoms with E-state index in [9.17, 15) is 13.2 Å². The fourth-order valence-corrected chi connectivity index (χ4v) is 1.79. The Morgan fingerprint density at radius 1 is 1.06 bits per heavy atom. The Hall–Kier alpha value is -1.03. The molecule has 0 fully saturated rings. The topological polar surface area (TPSA) is 12.0 Å². The molecule has 1 N–H and O–H groups in total. The first-order chi connectivity index (χ1) is 7.85. The Kier molecular flexibility index (Phi) is 4.20. The van der Waals surface area contributed by atoms with Gasteiger partial charge in [0.1, 0.15) is 5.54 Å². The van der Waals surface area contributed by atoms with Crippen LogP contribution < -0.4 is 5.32 Å². The summed E-state index contributed by atoms with van der Waals surface area (Å²) in [6, 6.07) is 6.59. The van der Waals surface area contributed by atoms with E-state index in [4.69, 9.17) is 0 Å². The van der Waals surface area contributed by atoms with Gasteiger partial charge < -0.3 is 5.32 Å². The molecule has 1 atom stereocenters. The minimum Gasteiger partial charge on any atom is -0.300 e. The highest BCUT2D eigenvalue weighted by atomic mass is 19.4. The molecular formula is C13H18F3N. The summed E-state index contributed by atoms with van der Waals surface area (Å²) in [5, 5.41) is 2.53. The average Bonchev–Trinajstić information content (AvgIpc) is 2.28. The summed E-state index contributed by atoms with van der Waals surface area (Å²) in [6.45, 7) is 5.09. The van der Waals surface area contributed by atoms with E-state index in [-0.39, 0.29) is 12.1 Å². The highest BCUT2D eigenvalue weighted by Crippen LogP contribution is 2.38. The number of hydrogen-bond donors (Lipinski definition) is 1. The van der Waals surface area contributed by atoms with Crippen molar-refractivity contribution < 1.29 is 13.2 Å². The van der Waals surface area contributed by atoms with E-state index in [0.29, 0.717) is 0 Å². The lowest BCUT2D eigenvalue weighted by Crippen LogP contribution is -2.51. The standard InChI is InChI=1S/C13H18F3N/c1-4-10-6-8-11(9-7-10)12(3,17-5-2)13(14,15)16/h6-9,17H,4-5H2,1-3H3. The van der Waals surface area contributed by atoms with E-state index in [1.165, 1.54) is 6.92 Å². The summed E-state index contributed by atoms with van der Waals surface area (Å²) >= 11 is 0. The SMILES string of the molecule is CCNC(C)(c1ccc(CC)cc1)C(F)(F)F. The molecular weight excluding hydrogens is 227 g/mol. The van der Waals surface area contributed by atoms with Crippen molar-refractivity contribution in [1.29, 1.82) is 0 Å². The lowest BCUT2D eigenvalue weighted by molar-refractivity contribution is -0.195. The first-order valence-corrected chi connectivity index (χ1v) is 5.76. The molecule has 0 radical (unpaired) electrons. The van der Waals surface area contributed by atoms with Crippen molar-refractivity contribution in [3.63, 3.8) is 0 Å². The van der Waals surface area contributed by atoms with E-state index < -0.39 is 11.7 Å². The van der Waals surface area contributed by atoms with Crippen LogP contribution in [0.2, 0.25) is 0 Å². The van der Waals surface area contributed by atoms with Crippen LogP contribution in [0.5, 0.6) is 0 Å². The summed E-state index contributed by atoms with van der Waals surface area (Å²) in [7, 11) is 0. The molecule has 0 bridgehead atoms. The molecule has 0 aromatic heterocycles. The number of rotatable bonds is 4. The van der Waals surface area contributed by atoms with Gasteiger partial charge in [-0.05, 0) is 31.0 Å². The number of hydrogen-bond acceptors (Lipinski definition) is 1. The van der Waals surface area contributed by atoms with Gasteiger partial charge in [-0.3, -0.25) is 0 Å². The minimum absolute atomic E-state index is 0.254. The van der Waals surface area contributed by atoms with Crippen LogP contribution >= 0.6 is 0 Å². The molecule has 1 aromatic rings.